The molecular formula is C10H9O2. The normalized spacial score (nSPS) is 10.8. The Bertz CT molecular complexity index is 387. The fourth-order valence-electron chi connectivity index (χ4n) is 1.41. The van der Waals surface area contributed by atoms with Gasteiger partial charge in [-0.15, -0.1) is 0 Å². The maximum absolute atomic E-state index is 10.9. The monoisotopic (exact) mass is 161 g/mol. The molecular weight excluding hydrogens is 152 g/mol. The van der Waals surface area contributed by atoms with Crippen LogP contribution in [0, 0.1) is 13.8 Å². The maximum atomic E-state index is 10.9. The van der Waals surface area contributed by atoms with Gasteiger partial charge in [0.15, 0.2) is 0 Å². The molecule has 2 nitrogen and oxygen atoms in total. The number of rotatable bonds is 0. The third kappa shape index (κ3) is 0.961. The first-order chi connectivity index (χ1) is 5.66. The van der Waals surface area contributed by atoms with Crippen molar-refractivity contribution in [3.05, 3.63) is 29.3 Å². The molecule has 0 saturated carbocycles. The van der Waals surface area contributed by atoms with Crippen molar-refractivity contribution in [1.82, 2.24) is 0 Å². The highest BCUT2D eigenvalue weighted by Gasteiger charge is 2.11. The number of aryl methyl sites for hydroxylation is 2. The topological polar surface area (TPSA) is 33.0 Å². The van der Waals surface area contributed by atoms with E-state index in [2.05, 4.69) is 0 Å². The van der Waals surface area contributed by atoms with E-state index in [1.54, 1.807) is 0 Å². The SMILES string of the molecule is Cc1cc2oc([O])cc(C)c-2c1. The summed E-state index contributed by atoms with van der Waals surface area (Å²) >= 11 is 0. The molecule has 0 aromatic heterocycles. The molecule has 0 amide bonds. The molecule has 0 unspecified atom stereocenters. The van der Waals surface area contributed by atoms with E-state index in [4.69, 9.17) is 4.42 Å². The van der Waals surface area contributed by atoms with Crippen molar-refractivity contribution in [2.75, 3.05) is 0 Å². The minimum Gasteiger partial charge on any atom is -0.423 e. The van der Waals surface area contributed by atoms with Crippen molar-refractivity contribution in [3.63, 3.8) is 0 Å². The summed E-state index contributed by atoms with van der Waals surface area (Å²) in [6.07, 6.45) is 0. The molecule has 0 fully saturated rings. The van der Waals surface area contributed by atoms with Crippen LogP contribution in [0.1, 0.15) is 11.1 Å². The van der Waals surface area contributed by atoms with Crippen molar-refractivity contribution in [2.45, 2.75) is 13.8 Å². The Kier molecular flexibility index (Phi) is 1.37. The molecule has 0 spiro atoms. The first-order valence-electron chi connectivity index (χ1n) is 3.84. The third-order valence-electron chi connectivity index (χ3n) is 1.97. The molecule has 0 bridgehead atoms. The Morgan fingerprint density at radius 3 is 2.67 bits per heavy atom. The second-order valence-corrected chi connectivity index (χ2v) is 3.06. The van der Waals surface area contributed by atoms with Crippen LogP contribution in [-0.4, -0.2) is 0 Å². The van der Waals surface area contributed by atoms with Crippen LogP contribution in [0.3, 0.4) is 0 Å². The second kappa shape index (κ2) is 2.27. The number of fused-ring (bicyclic) bond motifs is 1. The van der Waals surface area contributed by atoms with Crippen molar-refractivity contribution in [3.8, 4) is 17.3 Å². The minimum atomic E-state index is -0.273. The van der Waals surface area contributed by atoms with E-state index in [1.165, 1.54) is 6.07 Å². The highest BCUT2D eigenvalue weighted by molar-refractivity contribution is 5.67. The summed E-state index contributed by atoms with van der Waals surface area (Å²) in [5.74, 6) is 0.420. The maximum Gasteiger partial charge on any atom is 0.336 e. The summed E-state index contributed by atoms with van der Waals surface area (Å²) in [5.41, 5.74) is 3.14. The Labute approximate surface area is 70.8 Å². The van der Waals surface area contributed by atoms with Crippen LogP contribution in [-0.2, 0) is 5.11 Å². The zero-order chi connectivity index (χ0) is 8.72. The van der Waals surface area contributed by atoms with E-state index in [0.717, 1.165) is 16.7 Å². The van der Waals surface area contributed by atoms with Crippen molar-refractivity contribution in [2.24, 2.45) is 0 Å². The van der Waals surface area contributed by atoms with E-state index in [9.17, 15) is 5.11 Å². The van der Waals surface area contributed by atoms with Crippen LogP contribution in [0.4, 0.5) is 0 Å². The largest absolute Gasteiger partial charge is 0.423 e. The van der Waals surface area contributed by atoms with Gasteiger partial charge in [-0.05, 0) is 37.1 Å². The quantitative estimate of drug-likeness (QED) is 0.584. The zero-order valence-electron chi connectivity index (χ0n) is 7.05. The first kappa shape index (κ1) is 7.22. The van der Waals surface area contributed by atoms with Gasteiger partial charge < -0.3 is 4.42 Å². The Balaban J connectivity index is 2.79. The molecule has 0 aromatic carbocycles. The molecule has 0 aromatic rings. The van der Waals surface area contributed by atoms with Gasteiger partial charge in [0.05, 0.1) is 0 Å². The number of hydrogen-bond donors (Lipinski definition) is 0. The predicted octanol–water partition coefficient (Wildman–Crippen LogP) is 3.15. The summed E-state index contributed by atoms with van der Waals surface area (Å²) in [6, 6.07) is 5.42. The number of hydrogen-bond acceptors (Lipinski definition) is 1. The molecule has 0 atom stereocenters. The smallest absolute Gasteiger partial charge is 0.336 e. The van der Waals surface area contributed by atoms with E-state index in [-0.39, 0.29) is 5.95 Å². The van der Waals surface area contributed by atoms with E-state index < -0.39 is 0 Å². The van der Waals surface area contributed by atoms with E-state index in [1.807, 2.05) is 26.0 Å². The van der Waals surface area contributed by atoms with Gasteiger partial charge >= 0.3 is 5.95 Å². The first-order valence-corrected chi connectivity index (χ1v) is 3.84. The molecule has 2 aliphatic rings. The lowest BCUT2D eigenvalue weighted by atomic mass is 10.1. The highest BCUT2D eigenvalue weighted by Crippen LogP contribution is 2.32. The van der Waals surface area contributed by atoms with Crippen molar-refractivity contribution < 1.29 is 9.52 Å². The lowest BCUT2D eigenvalue weighted by Crippen LogP contribution is -1.78. The van der Waals surface area contributed by atoms with Gasteiger partial charge in [0, 0.05) is 11.6 Å². The van der Waals surface area contributed by atoms with Gasteiger partial charge in [-0.25, -0.2) is 5.11 Å². The molecule has 1 aliphatic carbocycles. The highest BCUT2D eigenvalue weighted by atomic mass is 16.5. The Hall–Kier alpha value is -1.44. The van der Waals surface area contributed by atoms with Gasteiger partial charge in [-0.3, -0.25) is 0 Å². The minimum absolute atomic E-state index is 0.273. The molecule has 12 heavy (non-hydrogen) atoms. The molecule has 2 heteroatoms. The van der Waals surface area contributed by atoms with Crippen LogP contribution in [0.15, 0.2) is 22.6 Å². The molecule has 2 rings (SSSR count). The second-order valence-electron chi connectivity index (χ2n) is 3.06. The van der Waals surface area contributed by atoms with Crippen LogP contribution in [0.5, 0.6) is 5.95 Å². The lowest BCUT2D eigenvalue weighted by molar-refractivity contribution is 0.249. The van der Waals surface area contributed by atoms with E-state index in [0.29, 0.717) is 5.76 Å². The molecule has 1 aliphatic heterocycles. The Morgan fingerprint density at radius 1 is 1.17 bits per heavy atom. The predicted molar refractivity (Wildman–Crippen MR) is 44.9 cm³/mol. The third-order valence-corrected chi connectivity index (χ3v) is 1.97. The van der Waals surface area contributed by atoms with Crippen LogP contribution >= 0.6 is 0 Å². The molecule has 1 heterocycles. The lowest BCUT2D eigenvalue weighted by Gasteiger charge is -2.00. The van der Waals surface area contributed by atoms with Crippen molar-refractivity contribution in [1.29, 1.82) is 0 Å². The van der Waals surface area contributed by atoms with Crippen LogP contribution < -0.4 is 0 Å². The van der Waals surface area contributed by atoms with Crippen LogP contribution in [0.2, 0.25) is 0 Å². The fourth-order valence-corrected chi connectivity index (χ4v) is 1.41. The fraction of sp³-hybridized carbons (Fsp3) is 0.200. The van der Waals surface area contributed by atoms with Gasteiger partial charge in [0.2, 0.25) is 0 Å². The molecule has 1 radical (unpaired) electrons. The van der Waals surface area contributed by atoms with Gasteiger partial charge in [0.1, 0.15) is 5.76 Å². The standard InChI is InChI=1S/C10H9O2/c1-6-3-8-7(2)5-10(11)12-9(8)4-6/h3-5H,1-2H3. The average molecular weight is 161 g/mol. The van der Waals surface area contributed by atoms with Crippen LogP contribution in [0.25, 0.3) is 11.3 Å². The summed E-state index contributed by atoms with van der Waals surface area (Å²) in [5, 5.41) is 10.9. The molecule has 0 saturated heterocycles. The van der Waals surface area contributed by atoms with Crippen molar-refractivity contribution >= 4 is 0 Å². The Morgan fingerprint density at radius 2 is 1.92 bits per heavy atom. The molecule has 61 valence electrons. The van der Waals surface area contributed by atoms with Gasteiger partial charge in [-0.2, -0.15) is 0 Å². The summed E-state index contributed by atoms with van der Waals surface area (Å²) in [6.45, 7) is 3.90. The summed E-state index contributed by atoms with van der Waals surface area (Å²) in [4.78, 5) is 0. The summed E-state index contributed by atoms with van der Waals surface area (Å²) < 4.78 is 5.01. The summed E-state index contributed by atoms with van der Waals surface area (Å²) in [7, 11) is 0. The average Bonchev–Trinajstić information content (AvgIpc) is 2.29. The van der Waals surface area contributed by atoms with Gasteiger partial charge in [0.25, 0.3) is 0 Å². The molecule has 0 N–H and O–H groups in total. The zero-order valence-corrected chi connectivity index (χ0v) is 7.05. The van der Waals surface area contributed by atoms with Gasteiger partial charge in [-0.1, -0.05) is 0 Å². The van der Waals surface area contributed by atoms with E-state index >= 15 is 0 Å².